The van der Waals surface area contributed by atoms with Gasteiger partial charge in [0.2, 0.25) is 0 Å². The van der Waals surface area contributed by atoms with Crippen LogP contribution in [0.15, 0.2) is 18.2 Å². The van der Waals surface area contributed by atoms with E-state index in [2.05, 4.69) is 46.0 Å². The standard InChI is InChI=1S/C20H34ClNOSi/c1-6-24(7-2,8-3)23-18(14-22-15-20(5)12-13-20)19-16(4)10-9-11-17(19)21/h9-11,18,22H,6-8,12-15H2,1-5H3. The molecule has 0 spiro atoms. The van der Waals surface area contributed by atoms with Crippen molar-refractivity contribution in [3.63, 3.8) is 0 Å². The van der Waals surface area contributed by atoms with Crippen molar-refractivity contribution in [1.82, 2.24) is 5.32 Å². The highest BCUT2D eigenvalue weighted by molar-refractivity contribution is 6.73. The lowest BCUT2D eigenvalue weighted by Crippen LogP contribution is -2.40. The first kappa shape index (κ1) is 20.0. The number of nitrogens with one attached hydrogen (secondary N) is 1. The fourth-order valence-corrected chi connectivity index (χ4v) is 6.60. The van der Waals surface area contributed by atoms with Crippen molar-refractivity contribution in [2.45, 2.75) is 71.7 Å². The van der Waals surface area contributed by atoms with Crippen molar-refractivity contribution in [3.05, 3.63) is 34.3 Å². The van der Waals surface area contributed by atoms with E-state index in [-0.39, 0.29) is 6.10 Å². The van der Waals surface area contributed by atoms with E-state index in [0.717, 1.165) is 36.2 Å². The highest BCUT2D eigenvalue weighted by Gasteiger charge is 2.37. The van der Waals surface area contributed by atoms with Crippen LogP contribution in [0.4, 0.5) is 0 Å². The molecule has 4 heteroatoms. The molecule has 0 amide bonds. The third-order valence-electron chi connectivity index (χ3n) is 5.90. The van der Waals surface area contributed by atoms with Crippen LogP contribution in [-0.2, 0) is 4.43 Å². The maximum absolute atomic E-state index is 6.86. The monoisotopic (exact) mass is 367 g/mol. The van der Waals surface area contributed by atoms with Gasteiger partial charge in [-0.3, -0.25) is 0 Å². The average Bonchev–Trinajstić information content (AvgIpc) is 3.29. The number of hydrogen-bond acceptors (Lipinski definition) is 2. The van der Waals surface area contributed by atoms with Crippen LogP contribution in [0.5, 0.6) is 0 Å². The Hall–Kier alpha value is -0.353. The lowest BCUT2D eigenvalue weighted by atomic mass is 10.0. The van der Waals surface area contributed by atoms with Gasteiger partial charge in [-0.05, 0) is 54.9 Å². The largest absolute Gasteiger partial charge is 0.409 e. The summed E-state index contributed by atoms with van der Waals surface area (Å²) >= 11 is 6.57. The molecule has 0 aromatic heterocycles. The molecule has 1 N–H and O–H groups in total. The summed E-state index contributed by atoms with van der Waals surface area (Å²) in [7, 11) is -1.69. The second kappa shape index (κ2) is 8.35. The zero-order valence-corrected chi connectivity index (χ0v) is 17.8. The van der Waals surface area contributed by atoms with Crippen molar-refractivity contribution >= 4 is 19.9 Å². The van der Waals surface area contributed by atoms with E-state index in [9.17, 15) is 0 Å². The molecule has 0 saturated heterocycles. The third-order valence-corrected chi connectivity index (χ3v) is 10.9. The van der Waals surface area contributed by atoms with Gasteiger partial charge in [-0.2, -0.15) is 0 Å². The Kier molecular flexibility index (Phi) is 6.95. The maximum Gasteiger partial charge on any atom is 0.192 e. The van der Waals surface area contributed by atoms with Gasteiger partial charge in [0.25, 0.3) is 0 Å². The van der Waals surface area contributed by atoms with Crippen LogP contribution in [0.25, 0.3) is 0 Å². The maximum atomic E-state index is 6.86. The average molecular weight is 368 g/mol. The van der Waals surface area contributed by atoms with Crippen molar-refractivity contribution in [2.24, 2.45) is 5.41 Å². The lowest BCUT2D eigenvalue weighted by molar-refractivity contribution is 0.183. The van der Waals surface area contributed by atoms with Gasteiger partial charge in [0.1, 0.15) is 0 Å². The summed E-state index contributed by atoms with van der Waals surface area (Å²) in [5.74, 6) is 0. The van der Waals surface area contributed by atoms with Crippen molar-refractivity contribution < 1.29 is 4.43 Å². The molecule has 0 radical (unpaired) electrons. The van der Waals surface area contributed by atoms with Crippen molar-refractivity contribution in [3.8, 4) is 0 Å². The fourth-order valence-electron chi connectivity index (χ4n) is 3.45. The van der Waals surface area contributed by atoms with E-state index >= 15 is 0 Å². The summed E-state index contributed by atoms with van der Waals surface area (Å²) in [6.07, 6.45) is 2.75. The molecule has 136 valence electrons. The fraction of sp³-hybridized carbons (Fsp3) is 0.700. The van der Waals surface area contributed by atoms with Crippen LogP contribution in [-0.4, -0.2) is 21.4 Å². The van der Waals surface area contributed by atoms with Crippen molar-refractivity contribution in [2.75, 3.05) is 13.1 Å². The van der Waals surface area contributed by atoms with E-state index < -0.39 is 8.32 Å². The summed E-state index contributed by atoms with van der Waals surface area (Å²) < 4.78 is 6.86. The summed E-state index contributed by atoms with van der Waals surface area (Å²) in [4.78, 5) is 0. The summed E-state index contributed by atoms with van der Waals surface area (Å²) in [6, 6.07) is 9.66. The summed E-state index contributed by atoms with van der Waals surface area (Å²) in [6.45, 7) is 13.3. The molecule has 24 heavy (non-hydrogen) atoms. The predicted molar refractivity (Wildman–Crippen MR) is 107 cm³/mol. The molecular formula is C20H34ClNOSi. The minimum Gasteiger partial charge on any atom is -0.409 e. The Balaban J connectivity index is 2.19. The van der Waals surface area contributed by atoms with Crippen LogP contribution in [0, 0.1) is 12.3 Å². The zero-order valence-electron chi connectivity index (χ0n) is 16.0. The number of aryl methyl sites for hydroxylation is 1. The highest BCUT2D eigenvalue weighted by atomic mass is 35.5. The van der Waals surface area contributed by atoms with Gasteiger partial charge in [-0.15, -0.1) is 0 Å². The molecule has 1 atom stereocenters. The number of halogens is 1. The van der Waals surface area contributed by atoms with Gasteiger partial charge < -0.3 is 9.74 Å². The molecule has 2 nitrogen and oxygen atoms in total. The van der Waals surface area contributed by atoms with Crippen LogP contribution in [0.2, 0.25) is 23.2 Å². The minimum absolute atomic E-state index is 0.0626. The Morgan fingerprint density at radius 2 is 1.83 bits per heavy atom. The SMILES string of the molecule is CC[Si](CC)(CC)OC(CNCC1(C)CC1)c1c(C)cccc1Cl. The third kappa shape index (κ3) is 4.84. The molecule has 1 aromatic carbocycles. The molecule has 1 unspecified atom stereocenters. The summed E-state index contributed by atoms with van der Waals surface area (Å²) in [5, 5.41) is 4.51. The zero-order chi connectivity index (χ0) is 17.8. The van der Waals surface area contributed by atoms with Gasteiger partial charge in [-0.1, -0.05) is 51.4 Å². The molecule has 0 heterocycles. The van der Waals surface area contributed by atoms with Crippen LogP contribution < -0.4 is 5.32 Å². The van der Waals surface area contributed by atoms with Crippen molar-refractivity contribution in [1.29, 1.82) is 0 Å². The van der Waals surface area contributed by atoms with E-state index in [1.54, 1.807) is 0 Å². The van der Waals surface area contributed by atoms with E-state index in [4.69, 9.17) is 16.0 Å². The first-order valence-electron chi connectivity index (χ1n) is 9.52. The minimum atomic E-state index is -1.69. The lowest BCUT2D eigenvalue weighted by Gasteiger charge is -2.35. The Bertz CT molecular complexity index is 512. The van der Waals surface area contributed by atoms with Crippen LogP contribution >= 0.6 is 11.6 Å². The van der Waals surface area contributed by atoms with Crippen LogP contribution in [0.3, 0.4) is 0 Å². The number of hydrogen-bond donors (Lipinski definition) is 1. The first-order chi connectivity index (χ1) is 11.4. The second-order valence-corrected chi connectivity index (χ2v) is 12.9. The predicted octanol–water partition coefficient (Wildman–Crippen LogP) is 6.10. The Morgan fingerprint density at radius 3 is 2.33 bits per heavy atom. The van der Waals surface area contributed by atoms with Gasteiger partial charge in [0.15, 0.2) is 8.32 Å². The van der Waals surface area contributed by atoms with Gasteiger partial charge in [0.05, 0.1) is 6.10 Å². The second-order valence-electron chi connectivity index (χ2n) is 7.76. The van der Waals surface area contributed by atoms with Crippen LogP contribution in [0.1, 0.15) is 57.8 Å². The van der Waals surface area contributed by atoms with Gasteiger partial charge >= 0.3 is 0 Å². The molecule has 1 fully saturated rings. The first-order valence-corrected chi connectivity index (χ1v) is 12.4. The van der Waals surface area contributed by atoms with Gasteiger partial charge in [0, 0.05) is 23.7 Å². The topological polar surface area (TPSA) is 21.3 Å². The molecular weight excluding hydrogens is 334 g/mol. The Labute approximate surface area is 154 Å². The number of benzene rings is 1. The molecule has 2 rings (SSSR count). The highest BCUT2D eigenvalue weighted by Crippen LogP contribution is 2.44. The molecule has 0 bridgehead atoms. The molecule has 1 aromatic rings. The summed E-state index contributed by atoms with van der Waals surface area (Å²) in [5.41, 5.74) is 2.92. The van der Waals surface area contributed by atoms with E-state index in [1.807, 2.05) is 12.1 Å². The number of rotatable bonds is 10. The van der Waals surface area contributed by atoms with E-state index in [1.165, 1.54) is 24.0 Å². The molecule has 1 saturated carbocycles. The normalized spacial score (nSPS) is 17.8. The Morgan fingerprint density at radius 1 is 1.21 bits per heavy atom. The smallest absolute Gasteiger partial charge is 0.192 e. The van der Waals surface area contributed by atoms with Gasteiger partial charge in [-0.25, -0.2) is 0 Å². The quantitative estimate of drug-likeness (QED) is 0.504. The molecule has 0 aliphatic heterocycles. The molecule has 1 aliphatic rings. The van der Waals surface area contributed by atoms with E-state index in [0.29, 0.717) is 5.41 Å². The molecule has 1 aliphatic carbocycles.